The summed E-state index contributed by atoms with van der Waals surface area (Å²) in [5.74, 6) is 0. The summed E-state index contributed by atoms with van der Waals surface area (Å²) in [6.07, 6.45) is 3.89. The molecular formula is C9H16N2O. The van der Waals surface area contributed by atoms with Crippen molar-refractivity contribution in [3.8, 4) is 0 Å². The molecule has 0 bridgehead atoms. The zero-order valence-electron chi connectivity index (χ0n) is 7.47. The van der Waals surface area contributed by atoms with Crippen LogP contribution >= 0.6 is 0 Å². The van der Waals surface area contributed by atoms with E-state index in [2.05, 4.69) is 30.4 Å². The summed E-state index contributed by atoms with van der Waals surface area (Å²) in [5, 5.41) is 3.25. The molecule has 0 aliphatic carbocycles. The summed E-state index contributed by atoms with van der Waals surface area (Å²) in [6, 6.07) is 0.304. The van der Waals surface area contributed by atoms with Crippen molar-refractivity contribution in [1.82, 2.24) is 10.8 Å². The van der Waals surface area contributed by atoms with Gasteiger partial charge in [0.15, 0.2) is 0 Å². The quantitative estimate of drug-likeness (QED) is 0.366. The monoisotopic (exact) mass is 168 g/mol. The number of nitrogens with one attached hydrogen (secondary N) is 2. The third kappa shape index (κ3) is 2.77. The van der Waals surface area contributed by atoms with Crippen LogP contribution in [0.4, 0.5) is 0 Å². The van der Waals surface area contributed by atoms with Gasteiger partial charge in [0.25, 0.3) is 0 Å². The number of hydrogen-bond donors (Lipinski definition) is 2. The molecule has 0 spiro atoms. The molecule has 0 saturated heterocycles. The molecule has 3 heteroatoms. The van der Waals surface area contributed by atoms with Gasteiger partial charge < -0.3 is 5.32 Å². The van der Waals surface area contributed by atoms with Crippen LogP contribution in [0.25, 0.3) is 0 Å². The van der Waals surface area contributed by atoms with Crippen molar-refractivity contribution in [1.29, 1.82) is 0 Å². The van der Waals surface area contributed by atoms with Gasteiger partial charge in [-0.1, -0.05) is 17.7 Å². The summed E-state index contributed by atoms with van der Waals surface area (Å²) in [6.45, 7) is 8.11. The topological polar surface area (TPSA) is 33.3 Å². The molecule has 0 aromatic heterocycles. The van der Waals surface area contributed by atoms with E-state index in [1.165, 1.54) is 5.57 Å². The molecule has 68 valence electrons. The maximum Gasteiger partial charge on any atom is 0.0861 e. The normalized spacial score (nSPS) is 23.4. The Labute approximate surface area is 73.4 Å². The van der Waals surface area contributed by atoms with Crippen LogP contribution in [0, 0.1) is 0 Å². The van der Waals surface area contributed by atoms with Crippen molar-refractivity contribution in [2.24, 2.45) is 0 Å². The van der Waals surface area contributed by atoms with Crippen LogP contribution in [0.1, 0.15) is 6.92 Å². The minimum absolute atomic E-state index is 0.304. The molecule has 0 amide bonds. The molecule has 1 aliphatic heterocycles. The van der Waals surface area contributed by atoms with E-state index in [-0.39, 0.29) is 0 Å². The molecule has 1 aliphatic rings. The summed E-state index contributed by atoms with van der Waals surface area (Å²) in [5.41, 5.74) is 4.30. The van der Waals surface area contributed by atoms with Gasteiger partial charge in [-0.15, -0.1) is 6.58 Å². The van der Waals surface area contributed by atoms with Crippen LogP contribution in [0.2, 0.25) is 0 Å². The van der Waals surface area contributed by atoms with Crippen molar-refractivity contribution < 1.29 is 4.84 Å². The van der Waals surface area contributed by atoms with Gasteiger partial charge >= 0.3 is 0 Å². The Bertz CT molecular complexity index is 177. The highest BCUT2D eigenvalue weighted by Crippen LogP contribution is 2.03. The van der Waals surface area contributed by atoms with Gasteiger partial charge in [0.2, 0.25) is 0 Å². The Balaban J connectivity index is 2.25. The molecule has 0 saturated carbocycles. The Hall–Kier alpha value is -0.640. The lowest BCUT2D eigenvalue weighted by atomic mass is 10.1. The fourth-order valence-corrected chi connectivity index (χ4v) is 1.11. The van der Waals surface area contributed by atoms with Crippen molar-refractivity contribution in [2.45, 2.75) is 13.0 Å². The van der Waals surface area contributed by atoms with Crippen LogP contribution in [0.3, 0.4) is 0 Å². The predicted molar refractivity (Wildman–Crippen MR) is 49.7 cm³/mol. The summed E-state index contributed by atoms with van der Waals surface area (Å²) < 4.78 is 0. The van der Waals surface area contributed by atoms with Crippen LogP contribution in [0.15, 0.2) is 24.3 Å². The van der Waals surface area contributed by atoms with Gasteiger partial charge in [0.1, 0.15) is 0 Å². The molecule has 1 atom stereocenters. The minimum atomic E-state index is 0.304. The fraction of sp³-hybridized carbons (Fsp3) is 0.556. The first-order valence-electron chi connectivity index (χ1n) is 4.20. The molecule has 2 N–H and O–H groups in total. The lowest BCUT2D eigenvalue weighted by Crippen LogP contribution is -2.42. The predicted octanol–water partition coefficient (Wildman–Crippen LogP) is 0.612. The van der Waals surface area contributed by atoms with Crippen LogP contribution in [-0.2, 0) is 4.84 Å². The lowest BCUT2D eigenvalue weighted by Gasteiger charge is -2.23. The van der Waals surface area contributed by atoms with E-state index in [1.54, 1.807) is 6.08 Å². The first-order valence-corrected chi connectivity index (χ1v) is 4.20. The van der Waals surface area contributed by atoms with Gasteiger partial charge in [-0.3, -0.25) is 4.84 Å². The average Bonchev–Trinajstić information content (AvgIpc) is 2.09. The van der Waals surface area contributed by atoms with Crippen molar-refractivity contribution >= 4 is 0 Å². The second-order valence-electron chi connectivity index (χ2n) is 2.88. The van der Waals surface area contributed by atoms with E-state index in [9.17, 15) is 0 Å². The van der Waals surface area contributed by atoms with E-state index in [0.717, 1.165) is 13.1 Å². The Kier molecular flexibility index (Phi) is 4.00. The average molecular weight is 168 g/mol. The first kappa shape index (κ1) is 9.45. The third-order valence-electron chi connectivity index (χ3n) is 1.89. The molecule has 0 aromatic rings. The Morgan fingerprint density at radius 2 is 2.75 bits per heavy atom. The van der Waals surface area contributed by atoms with Gasteiger partial charge in [0.05, 0.1) is 12.6 Å². The standard InChI is InChI=1S/C9H16N2O/c1-3-6-12-11-9-7-10-5-4-8(9)2/h3-4,9-11H,1,5-7H2,2H3. The molecule has 12 heavy (non-hydrogen) atoms. The van der Waals surface area contributed by atoms with Gasteiger partial charge in [0, 0.05) is 13.1 Å². The third-order valence-corrected chi connectivity index (χ3v) is 1.89. The summed E-state index contributed by atoms with van der Waals surface area (Å²) in [7, 11) is 0. The Morgan fingerprint density at radius 3 is 3.42 bits per heavy atom. The van der Waals surface area contributed by atoms with E-state index in [4.69, 9.17) is 4.84 Å². The largest absolute Gasteiger partial charge is 0.311 e. The molecule has 3 nitrogen and oxygen atoms in total. The number of hydroxylamine groups is 1. The molecule has 1 unspecified atom stereocenters. The smallest absolute Gasteiger partial charge is 0.0861 e. The molecule has 1 heterocycles. The summed E-state index contributed by atoms with van der Waals surface area (Å²) >= 11 is 0. The van der Waals surface area contributed by atoms with Gasteiger partial charge in [-0.05, 0) is 6.92 Å². The van der Waals surface area contributed by atoms with E-state index in [1.807, 2.05) is 0 Å². The van der Waals surface area contributed by atoms with Gasteiger partial charge in [-0.2, -0.15) is 5.48 Å². The SMILES string of the molecule is C=CCONC1CNCC=C1C. The maximum atomic E-state index is 5.14. The number of rotatable bonds is 4. The molecule has 0 radical (unpaired) electrons. The van der Waals surface area contributed by atoms with Crippen LogP contribution in [-0.4, -0.2) is 25.7 Å². The van der Waals surface area contributed by atoms with Crippen molar-refractivity contribution in [3.05, 3.63) is 24.3 Å². The fourth-order valence-electron chi connectivity index (χ4n) is 1.11. The van der Waals surface area contributed by atoms with E-state index in [0.29, 0.717) is 12.6 Å². The van der Waals surface area contributed by atoms with E-state index >= 15 is 0 Å². The maximum absolute atomic E-state index is 5.14. The molecular weight excluding hydrogens is 152 g/mol. The zero-order valence-corrected chi connectivity index (χ0v) is 7.47. The second kappa shape index (κ2) is 5.09. The van der Waals surface area contributed by atoms with Crippen molar-refractivity contribution in [3.63, 3.8) is 0 Å². The first-order chi connectivity index (χ1) is 5.84. The van der Waals surface area contributed by atoms with Crippen molar-refractivity contribution in [2.75, 3.05) is 19.7 Å². The molecule has 1 rings (SSSR count). The van der Waals surface area contributed by atoms with E-state index < -0.39 is 0 Å². The summed E-state index contributed by atoms with van der Waals surface area (Å²) in [4.78, 5) is 5.14. The Morgan fingerprint density at radius 1 is 1.92 bits per heavy atom. The molecule has 0 fully saturated rings. The second-order valence-corrected chi connectivity index (χ2v) is 2.88. The van der Waals surface area contributed by atoms with Gasteiger partial charge in [-0.25, -0.2) is 0 Å². The highest BCUT2D eigenvalue weighted by Gasteiger charge is 2.12. The lowest BCUT2D eigenvalue weighted by molar-refractivity contribution is 0.0429. The highest BCUT2D eigenvalue weighted by atomic mass is 16.6. The van der Waals surface area contributed by atoms with Crippen LogP contribution < -0.4 is 10.8 Å². The molecule has 0 aromatic carbocycles. The minimum Gasteiger partial charge on any atom is -0.311 e. The van der Waals surface area contributed by atoms with Crippen LogP contribution in [0.5, 0.6) is 0 Å². The number of hydrogen-bond acceptors (Lipinski definition) is 3. The highest BCUT2D eigenvalue weighted by molar-refractivity contribution is 5.11. The zero-order chi connectivity index (χ0) is 8.81.